The van der Waals surface area contributed by atoms with Gasteiger partial charge in [0.1, 0.15) is 0 Å². The van der Waals surface area contributed by atoms with Gasteiger partial charge in [-0.3, -0.25) is 10.1 Å². The van der Waals surface area contributed by atoms with Crippen molar-refractivity contribution in [2.24, 2.45) is 0 Å². The summed E-state index contributed by atoms with van der Waals surface area (Å²) >= 11 is 0. The van der Waals surface area contributed by atoms with Crippen LogP contribution >= 0.6 is 0 Å². The Bertz CT molecular complexity index is 690. The number of benzene rings is 1. The van der Waals surface area contributed by atoms with E-state index in [4.69, 9.17) is 9.47 Å². The molecular formula is C17H21N3O4. The quantitative estimate of drug-likeness (QED) is 0.599. The van der Waals surface area contributed by atoms with Gasteiger partial charge in [0.2, 0.25) is 0 Å². The number of nitro groups is 1. The summed E-state index contributed by atoms with van der Waals surface area (Å²) in [5.41, 5.74) is 2.71. The molecule has 1 atom stereocenters. The molecule has 1 aromatic carbocycles. The van der Waals surface area contributed by atoms with Gasteiger partial charge < -0.3 is 9.47 Å². The molecule has 1 aliphatic rings. The zero-order valence-electron chi connectivity index (χ0n) is 13.7. The first-order chi connectivity index (χ1) is 11.7. The Hall–Kier alpha value is -2.25. The lowest BCUT2D eigenvalue weighted by molar-refractivity contribution is -0.384. The van der Waals surface area contributed by atoms with Gasteiger partial charge in [-0.15, -0.1) is 0 Å². The SMILES string of the molecule is CCc1cc(COC2CCCCO2)n(-c2ccc([N+](=O)[O-])cc2)n1. The van der Waals surface area contributed by atoms with Crippen LogP contribution in [-0.2, 0) is 22.5 Å². The lowest BCUT2D eigenvalue weighted by Crippen LogP contribution is -2.22. The minimum Gasteiger partial charge on any atom is -0.353 e. The van der Waals surface area contributed by atoms with E-state index < -0.39 is 4.92 Å². The molecule has 1 fully saturated rings. The highest BCUT2D eigenvalue weighted by Crippen LogP contribution is 2.20. The molecule has 0 N–H and O–H groups in total. The third-order valence-corrected chi connectivity index (χ3v) is 4.06. The maximum absolute atomic E-state index is 10.8. The number of non-ortho nitro benzene ring substituents is 1. The molecule has 2 aromatic rings. The molecule has 1 aromatic heterocycles. The summed E-state index contributed by atoms with van der Waals surface area (Å²) in [5.74, 6) is 0. The van der Waals surface area contributed by atoms with E-state index in [1.807, 2.05) is 13.0 Å². The molecule has 0 aliphatic carbocycles. The lowest BCUT2D eigenvalue weighted by Gasteiger charge is -2.22. The van der Waals surface area contributed by atoms with Crippen LogP contribution in [-0.4, -0.2) is 27.6 Å². The fraction of sp³-hybridized carbons (Fsp3) is 0.471. The fourth-order valence-corrected chi connectivity index (χ4v) is 2.71. The predicted molar refractivity (Wildman–Crippen MR) is 88.0 cm³/mol. The molecule has 128 valence electrons. The molecule has 2 heterocycles. The van der Waals surface area contributed by atoms with Gasteiger partial charge in [0.05, 0.1) is 28.6 Å². The zero-order chi connectivity index (χ0) is 16.9. The molecule has 24 heavy (non-hydrogen) atoms. The monoisotopic (exact) mass is 331 g/mol. The summed E-state index contributed by atoms with van der Waals surface area (Å²) in [6.45, 7) is 3.18. The first kappa shape index (κ1) is 16.6. The highest BCUT2D eigenvalue weighted by molar-refractivity contribution is 5.41. The number of nitrogens with zero attached hydrogens (tertiary/aromatic N) is 3. The zero-order valence-corrected chi connectivity index (χ0v) is 13.7. The Morgan fingerprint density at radius 2 is 2.17 bits per heavy atom. The van der Waals surface area contributed by atoms with Crippen LogP contribution in [0.5, 0.6) is 0 Å². The second-order valence-electron chi connectivity index (χ2n) is 5.77. The van der Waals surface area contributed by atoms with Crippen LogP contribution in [0.3, 0.4) is 0 Å². The van der Waals surface area contributed by atoms with Crippen LogP contribution in [0.1, 0.15) is 37.6 Å². The normalized spacial score (nSPS) is 17.8. The van der Waals surface area contributed by atoms with Crippen molar-refractivity contribution in [2.45, 2.75) is 45.5 Å². The molecule has 0 saturated carbocycles. The van der Waals surface area contributed by atoms with Crippen molar-refractivity contribution in [1.82, 2.24) is 9.78 Å². The summed E-state index contributed by atoms with van der Waals surface area (Å²) in [7, 11) is 0. The molecule has 0 amide bonds. The minimum absolute atomic E-state index is 0.0648. The van der Waals surface area contributed by atoms with E-state index in [0.29, 0.717) is 6.61 Å². The number of ether oxygens (including phenoxy) is 2. The van der Waals surface area contributed by atoms with E-state index >= 15 is 0 Å². The summed E-state index contributed by atoms with van der Waals surface area (Å²) in [4.78, 5) is 10.4. The maximum atomic E-state index is 10.8. The largest absolute Gasteiger partial charge is 0.353 e. The van der Waals surface area contributed by atoms with E-state index in [1.54, 1.807) is 16.8 Å². The number of aryl methyl sites for hydroxylation is 1. The van der Waals surface area contributed by atoms with Gasteiger partial charge >= 0.3 is 0 Å². The number of hydrogen-bond acceptors (Lipinski definition) is 5. The van der Waals surface area contributed by atoms with Crippen molar-refractivity contribution in [3.63, 3.8) is 0 Å². The highest BCUT2D eigenvalue weighted by atomic mass is 16.7. The van der Waals surface area contributed by atoms with Gasteiger partial charge in [-0.2, -0.15) is 5.10 Å². The van der Waals surface area contributed by atoms with Crippen LogP contribution < -0.4 is 0 Å². The van der Waals surface area contributed by atoms with Crippen LogP contribution in [0.2, 0.25) is 0 Å². The Morgan fingerprint density at radius 3 is 2.79 bits per heavy atom. The van der Waals surface area contributed by atoms with Crippen LogP contribution in [0, 0.1) is 10.1 Å². The van der Waals surface area contributed by atoms with Crippen molar-refractivity contribution < 1.29 is 14.4 Å². The average molecular weight is 331 g/mol. The summed E-state index contributed by atoms with van der Waals surface area (Å²) in [5, 5.41) is 15.4. The molecule has 0 spiro atoms. The van der Waals surface area contributed by atoms with E-state index in [9.17, 15) is 10.1 Å². The van der Waals surface area contributed by atoms with E-state index in [0.717, 1.165) is 49.4 Å². The predicted octanol–water partition coefficient (Wildman–Crippen LogP) is 3.39. The Labute approximate surface area is 140 Å². The van der Waals surface area contributed by atoms with Gasteiger partial charge in [-0.1, -0.05) is 6.92 Å². The van der Waals surface area contributed by atoms with Crippen LogP contribution in [0.15, 0.2) is 30.3 Å². The Balaban J connectivity index is 1.78. The molecule has 7 nitrogen and oxygen atoms in total. The van der Waals surface area contributed by atoms with Crippen LogP contribution in [0.25, 0.3) is 5.69 Å². The van der Waals surface area contributed by atoms with Crippen molar-refractivity contribution >= 4 is 5.69 Å². The van der Waals surface area contributed by atoms with Gasteiger partial charge in [0.25, 0.3) is 5.69 Å². The number of nitro benzene ring substituents is 1. The van der Waals surface area contributed by atoms with E-state index in [1.165, 1.54) is 12.1 Å². The molecule has 0 bridgehead atoms. The van der Waals surface area contributed by atoms with E-state index in [2.05, 4.69) is 5.10 Å². The second kappa shape index (κ2) is 7.55. The first-order valence-corrected chi connectivity index (χ1v) is 8.23. The summed E-state index contributed by atoms with van der Waals surface area (Å²) in [6.07, 6.45) is 3.76. The van der Waals surface area contributed by atoms with Crippen molar-refractivity contribution in [3.8, 4) is 5.69 Å². The molecule has 1 aliphatic heterocycles. The highest BCUT2D eigenvalue weighted by Gasteiger charge is 2.17. The standard InChI is InChI=1S/C17H21N3O4/c1-2-13-11-16(12-24-17-5-3-4-10-23-17)19(18-13)14-6-8-15(9-7-14)20(21)22/h6-9,11,17H,2-5,10,12H2,1H3. The van der Waals surface area contributed by atoms with E-state index in [-0.39, 0.29) is 12.0 Å². The van der Waals surface area contributed by atoms with Crippen molar-refractivity contribution in [3.05, 3.63) is 51.8 Å². The fourth-order valence-electron chi connectivity index (χ4n) is 2.71. The molecule has 1 unspecified atom stereocenters. The number of rotatable bonds is 6. The van der Waals surface area contributed by atoms with Gasteiger partial charge in [-0.25, -0.2) is 4.68 Å². The Kier molecular flexibility index (Phi) is 5.22. The van der Waals surface area contributed by atoms with Crippen molar-refractivity contribution in [2.75, 3.05) is 6.61 Å². The van der Waals surface area contributed by atoms with Gasteiger partial charge in [0, 0.05) is 18.7 Å². The first-order valence-electron chi connectivity index (χ1n) is 8.23. The number of aromatic nitrogens is 2. The number of hydrogen-bond donors (Lipinski definition) is 0. The van der Waals surface area contributed by atoms with Crippen molar-refractivity contribution in [1.29, 1.82) is 0 Å². The lowest BCUT2D eigenvalue weighted by atomic mass is 10.2. The third kappa shape index (κ3) is 3.80. The van der Waals surface area contributed by atoms with Crippen LogP contribution in [0.4, 0.5) is 5.69 Å². The third-order valence-electron chi connectivity index (χ3n) is 4.06. The second-order valence-corrected chi connectivity index (χ2v) is 5.77. The molecule has 7 heteroatoms. The van der Waals surface area contributed by atoms with Gasteiger partial charge in [-0.05, 0) is 43.9 Å². The topological polar surface area (TPSA) is 79.4 Å². The average Bonchev–Trinajstić information content (AvgIpc) is 3.04. The molecule has 3 rings (SSSR count). The molecule has 0 radical (unpaired) electrons. The van der Waals surface area contributed by atoms with Gasteiger partial charge in [0.15, 0.2) is 6.29 Å². The smallest absolute Gasteiger partial charge is 0.269 e. The molecule has 1 saturated heterocycles. The maximum Gasteiger partial charge on any atom is 0.269 e. The minimum atomic E-state index is -0.408. The summed E-state index contributed by atoms with van der Waals surface area (Å²) in [6, 6.07) is 8.37. The Morgan fingerprint density at radius 1 is 1.38 bits per heavy atom. The summed E-state index contributed by atoms with van der Waals surface area (Å²) < 4.78 is 13.2. The molecular weight excluding hydrogens is 310 g/mol.